The van der Waals surface area contributed by atoms with Crippen LogP contribution >= 0.6 is 0 Å². The van der Waals surface area contributed by atoms with Gasteiger partial charge in [0.25, 0.3) is 0 Å². The summed E-state index contributed by atoms with van der Waals surface area (Å²) in [5.41, 5.74) is 0. The van der Waals surface area contributed by atoms with Crippen molar-refractivity contribution >= 4 is 12.3 Å². The lowest BCUT2D eigenvalue weighted by atomic mass is 10.0. The van der Waals surface area contributed by atoms with Gasteiger partial charge in [0.1, 0.15) is 6.29 Å². The fourth-order valence-corrected chi connectivity index (χ4v) is 3.78. The van der Waals surface area contributed by atoms with E-state index in [4.69, 9.17) is 5.11 Å². The molecule has 1 N–H and O–H groups in total. The first-order chi connectivity index (χ1) is 16.2. The molecule has 0 aromatic heterocycles. The van der Waals surface area contributed by atoms with E-state index in [0.717, 1.165) is 38.4 Å². The molecule has 0 aliphatic heterocycles. The predicted octanol–water partition coefficient (Wildman–Crippen LogP) is 9.99. The number of carbonyl (C=O) groups is 2. The van der Waals surface area contributed by atoms with Crippen molar-refractivity contribution in [1.29, 1.82) is 0 Å². The number of carboxylic acid groups (broad SMARTS) is 1. The largest absolute Gasteiger partial charge is 0.481 e. The summed E-state index contributed by atoms with van der Waals surface area (Å²) < 4.78 is 0. The molecule has 0 aromatic carbocycles. The number of rotatable bonds is 24. The van der Waals surface area contributed by atoms with Crippen LogP contribution in [0.25, 0.3) is 0 Å². The van der Waals surface area contributed by atoms with Gasteiger partial charge in [-0.2, -0.15) is 0 Å². The van der Waals surface area contributed by atoms with E-state index in [-0.39, 0.29) is 0 Å². The van der Waals surface area contributed by atoms with Gasteiger partial charge in [-0.3, -0.25) is 4.79 Å². The van der Waals surface area contributed by atoms with Crippen LogP contribution in [0, 0.1) is 0 Å². The summed E-state index contributed by atoms with van der Waals surface area (Å²) in [6.45, 7) is 4.25. The van der Waals surface area contributed by atoms with Crippen molar-refractivity contribution in [3.05, 3.63) is 24.3 Å². The minimum atomic E-state index is -0.657. The molecule has 194 valence electrons. The van der Waals surface area contributed by atoms with Gasteiger partial charge in [0.15, 0.2) is 0 Å². The SMILES string of the molecule is C/C=C\CCCCCCCCCCCCCCC(=O)O.CC/C=C/CCCCCCCC=O. The highest BCUT2D eigenvalue weighted by atomic mass is 16.4. The van der Waals surface area contributed by atoms with E-state index in [1.165, 1.54) is 103 Å². The summed E-state index contributed by atoms with van der Waals surface area (Å²) in [6.07, 6.45) is 36.2. The second-order valence-electron chi connectivity index (χ2n) is 9.14. The molecule has 0 atom stereocenters. The minimum Gasteiger partial charge on any atom is -0.481 e. The number of unbranched alkanes of at least 4 members (excludes halogenated alkanes) is 18. The van der Waals surface area contributed by atoms with E-state index in [1.54, 1.807) is 0 Å². The smallest absolute Gasteiger partial charge is 0.303 e. The molecule has 3 nitrogen and oxygen atoms in total. The van der Waals surface area contributed by atoms with Gasteiger partial charge in [0.05, 0.1) is 0 Å². The van der Waals surface area contributed by atoms with Crippen LogP contribution in [0.15, 0.2) is 24.3 Å². The average molecular weight is 465 g/mol. The molecule has 0 radical (unpaired) electrons. The number of carboxylic acids is 1. The molecule has 0 spiro atoms. The van der Waals surface area contributed by atoms with E-state index >= 15 is 0 Å². The van der Waals surface area contributed by atoms with Crippen molar-refractivity contribution in [3.63, 3.8) is 0 Å². The van der Waals surface area contributed by atoms with Gasteiger partial charge in [0, 0.05) is 12.8 Å². The maximum absolute atomic E-state index is 10.3. The highest BCUT2D eigenvalue weighted by Crippen LogP contribution is 2.13. The fourth-order valence-electron chi connectivity index (χ4n) is 3.78. The van der Waals surface area contributed by atoms with Crippen molar-refractivity contribution in [2.75, 3.05) is 0 Å². The summed E-state index contributed by atoms with van der Waals surface area (Å²) in [7, 11) is 0. The zero-order chi connectivity index (χ0) is 24.7. The Kier molecular flexibility index (Phi) is 33.6. The topological polar surface area (TPSA) is 54.4 Å². The molecule has 0 amide bonds. The van der Waals surface area contributed by atoms with Gasteiger partial charge in [-0.15, -0.1) is 0 Å². The third-order valence-electron chi connectivity index (χ3n) is 5.84. The van der Waals surface area contributed by atoms with Gasteiger partial charge in [0.2, 0.25) is 0 Å². The second-order valence-corrected chi connectivity index (χ2v) is 9.14. The predicted molar refractivity (Wildman–Crippen MR) is 145 cm³/mol. The Balaban J connectivity index is 0. The molecular formula is C30H56O3. The van der Waals surface area contributed by atoms with Gasteiger partial charge in [-0.25, -0.2) is 0 Å². The molecule has 0 aliphatic rings. The Hall–Kier alpha value is -1.38. The monoisotopic (exact) mass is 464 g/mol. The number of aliphatic carboxylic acids is 1. The van der Waals surface area contributed by atoms with Crippen LogP contribution in [0.3, 0.4) is 0 Å². The lowest BCUT2D eigenvalue weighted by molar-refractivity contribution is -0.137. The quantitative estimate of drug-likeness (QED) is 0.0878. The van der Waals surface area contributed by atoms with Crippen molar-refractivity contribution in [2.45, 2.75) is 155 Å². The van der Waals surface area contributed by atoms with Gasteiger partial charge in [-0.1, -0.05) is 115 Å². The average Bonchev–Trinajstić information content (AvgIpc) is 2.81. The van der Waals surface area contributed by atoms with Gasteiger partial charge >= 0.3 is 5.97 Å². The minimum absolute atomic E-state index is 0.341. The highest BCUT2D eigenvalue weighted by molar-refractivity contribution is 5.66. The van der Waals surface area contributed by atoms with Crippen molar-refractivity contribution in [1.82, 2.24) is 0 Å². The van der Waals surface area contributed by atoms with Crippen LogP contribution in [0.2, 0.25) is 0 Å². The number of hydrogen-bond donors (Lipinski definition) is 1. The molecule has 0 rings (SSSR count). The van der Waals surface area contributed by atoms with Crippen LogP contribution in [-0.4, -0.2) is 17.4 Å². The van der Waals surface area contributed by atoms with Crippen molar-refractivity contribution < 1.29 is 14.7 Å². The normalized spacial score (nSPS) is 11.1. The summed E-state index contributed by atoms with van der Waals surface area (Å²) in [6, 6.07) is 0. The third kappa shape index (κ3) is 38.2. The Morgan fingerprint density at radius 3 is 1.36 bits per heavy atom. The van der Waals surface area contributed by atoms with E-state index in [2.05, 4.69) is 38.2 Å². The van der Waals surface area contributed by atoms with E-state index in [1.807, 2.05) is 0 Å². The zero-order valence-electron chi connectivity index (χ0n) is 22.2. The number of hydrogen-bond acceptors (Lipinski definition) is 2. The maximum Gasteiger partial charge on any atom is 0.303 e. The number of allylic oxidation sites excluding steroid dienone is 4. The Morgan fingerprint density at radius 1 is 0.576 bits per heavy atom. The molecule has 0 saturated heterocycles. The highest BCUT2D eigenvalue weighted by Gasteiger charge is 1.97. The second kappa shape index (κ2) is 32.8. The number of carbonyl (C=O) groups excluding carboxylic acids is 1. The Morgan fingerprint density at radius 2 is 0.970 bits per heavy atom. The first-order valence-electron chi connectivity index (χ1n) is 14.1. The first-order valence-corrected chi connectivity index (χ1v) is 14.1. The summed E-state index contributed by atoms with van der Waals surface area (Å²) >= 11 is 0. The molecule has 33 heavy (non-hydrogen) atoms. The van der Waals surface area contributed by atoms with Crippen LogP contribution in [-0.2, 0) is 9.59 Å². The molecule has 0 aliphatic carbocycles. The lowest BCUT2D eigenvalue weighted by Crippen LogP contribution is -1.93. The van der Waals surface area contributed by atoms with Crippen LogP contribution in [0.4, 0.5) is 0 Å². The van der Waals surface area contributed by atoms with E-state index < -0.39 is 5.97 Å². The number of aldehydes is 1. The van der Waals surface area contributed by atoms with Crippen molar-refractivity contribution in [3.8, 4) is 0 Å². The molecule has 0 saturated carbocycles. The lowest BCUT2D eigenvalue weighted by Gasteiger charge is -2.02. The Labute approximate surface area is 206 Å². The third-order valence-corrected chi connectivity index (χ3v) is 5.84. The van der Waals surface area contributed by atoms with Crippen LogP contribution < -0.4 is 0 Å². The summed E-state index contributed by atoms with van der Waals surface area (Å²) in [5, 5.41) is 8.51. The zero-order valence-corrected chi connectivity index (χ0v) is 22.2. The molecule has 0 heterocycles. The summed E-state index contributed by atoms with van der Waals surface area (Å²) in [5.74, 6) is -0.657. The van der Waals surface area contributed by atoms with Crippen LogP contribution in [0.5, 0.6) is 0 Å². The standard InChI is InChI=1S/C18H34O2.C12H22O/c1-2-3-4-5-6-7-8-9-10-11-12-13-14-15-16-17-18(19)20;1-2-3-4-5-6-7-8-9-10-11-12-13/h2-3H,4-17H2,1H3,(H,19,20);3-4,12H,2,5-11H2,1H3/b3-2-;4-3+. The molecule has 0 unspecified atom stereocenters. The summed E-state index contributed by atoms with van der Waals surface area (Å²) in [4.78, 5) is 20.3. The van der Waals surface area contributed by atoms with E-state index in [0.29, 0.717) is 6.42 Å². The molecule has 0 bridgehead atoms. The molecule has 3 heteroatoms. The van der Waals surface area contributed by atoms with E-state index in [9.17, 15) is 9.59 Å². The van der Waals surface area contributed by atoms with Gasteiger partial charge < -0.3 is 9.90 Å². The Bertz CT molecular complexity index is 440. The van der Waals surface area contributed by atoms with Crippen LogP contribution in [0.1, 0.15) is 155 Å². The van der Waals surface area contributed by atoms with Crippen molar-refractivity contribution in [2.24, 2.45) is 0 Å². The molecule has 0 fully saturated rings. The molecular weight excluding hydrogens is 408 g/mol. The fraction of sp³-hybridized carbons (Fsp3) is 0.800. The first kappa shape index (κ1) is 33.8. The van der Waals surface area contributed by atoms with Gasteiger partial charge in [-0.05, 0) is 51.9 Å². The maximum atomic E-state index is 10.3. The molecule has 0 aromatic rings.